The summed E-state index contributed by atoms with van der Waals surface area (Å²) >= 11 is 0. The SMILES string of the molecule is CC1(C)COC2(CCC(c3ccccc3)CC2)O1. The van der Waals surface area contributed by atoms with E-state index in [9.17, 15) is 0 Å². The van der Waals surface area contributed by atoms with Crippen molar-refractivity contribution in [1.82, 2.24) is 0 Å². The third-order valence-electron chi connectivity index (χ3n) is 4.16. The fourth-order valence-corrected chi connectivity index (χ4v) is 3.23. The van der Waals surface area contributed by atoms with Crippen molar-refractivity contribution in [3.8, 4) is 0 Å². The molecule has 2 heteroatoms. The highest BCUT2D eigenvalue weighted by molar-refractivity contribution is 5.20. The Bertz CT molecular complexity index is 402. The summed E-state index contributed by atoms with van der Waals surface area (Å²) in [6.07, 6.45) is 4.38. The molecule has 1 aliphatic carbocycles. The fourth-order valence-electron chi connectivity index (χ4n) is 3.23. The van der Waals surface area contributed by atoms with E-state index in [-0.39, 0.29) is 11.4 Å². The van der Waals surface area contributed by atoms with Crippen molar-refractivity contribution < 1.29 is 9.47 Å². The summed E-state index contributed by atoms with van der Waals surface area (Å²) < 4.78 is 12.1. The maximum atomic E-state index is 6.14. The predicted octanol–water partition coefficient (Wildman–Crippen LogP) is 3.87. The van der Waals surface area contributed by atoms with Gasteiger partial charge in [-0.3, -0.25) is 0 Å². The first-order chi connectivity index (χ1) is 8.59. The monoisotopic (exact) mass is 246 g/mol. The highest BCUT2D eigenvalue weighted by Gasteiger charge is 2.47. The molecule has 1 aromatic carbocycles. The van der Waals surface area contributed by atoms with Crippen LogP contribution in [0.3, 0.4) is 0 Å². The van der Waals surface area contributed by atoms with Gasteiger partial charge in [-0.2, -0.15) is 0 Å². The fraction of sp³-hybridized carbons (Fsp3) is 0.625. The molecule has 0 amide bonds. The molecule has 98 valence electrons. The number of rotatable bonds is 1. The predicted molar refractivity (Wildman–Crippen MR) is 71.5 cm³/mol. The number of hydrogen-bond donors (Lipinski definition) is 0. The lowest BCUT2D eigenvalue weighted by Crippen LogP contribution is -2.37. The minimum absolute atomic E-state index is 0.112. The second-order valence-corrected chi connectivity index (χ2v) is 6.25. The van der Waals surface area contributed by atoms with Crippen LogP contribution in [0.4, 0.5) is 0 Å². The molecule has 0 atom stereocenters. The molecule has 0 bridgehead atoms. The highest BCUT2D eigenvalue weighted by Crippen LogP contribution is 2.45. The zero-order valence-electron chi connectivity index (χ0n) is 11.3. The van der Waals surface area contributed by atoms with Gasteiger partial charge in [-0.05, 0) is 38.2 Å². The van der Waals surface area contributed by atoms with Gasteiger partial charge in [-0.25, -0.2) is 0 Å². The summed E-state index contributed by atoms with van der Waals surface area (Å²) in [7, 11) is 0. The Morgan fingerprint density at radius 1 is 1.06 bits per heavy atom. The molecule has 2 fully saturated rings. The third-order valence-corrected chi connectivity index (χ3v) is 4.16. The van der Waals surface area contributed by atoms with E-state index in [1.54, 1.807) is 0 Å². The van der Waals surface area contributed by atoms with Crippen LogP contribution in [0.25, 0.3) is 0 Å². The van der Waals surface area contributed by atoms with Crippen LogP contribution >= 0.6 is 0 Å². The Hall–Kier alpha value is -0.860. The summed E-state index contributed by atoms with van der Waals surface area (Å²) in [5.41, 5.74) is 1.35. The Balaban J connectivity index is 1.65. The normalized spacial score (nSPS) is 34.9. The molecule has 1 heterocycles. The maximum Gasteiger partial charge on any atom is 0.169 e. The van der Waals surface area contributed by atoms with E-state index in [2.05, 4.69) is 44.2 Å². The summed E-state index contributed by atoms with van der Waals surface area (Å²) in [4.78, 5) is 0. The van der Waals surface area contributed by atoms with Gasteiger partial charge < -0.3 is 9.47 Å². The van der Waals surface area contributed by atoms with Crippen molar-refractivity contribution in [1.29, 1.82) is 0 Å². The zero-order chi connectivity index (χ0) is 12.6. The van der Waals surface area contributed by atoms with Gasteiger partial charge in [0, 0.05) is 12.8 Å². The Labute approximate surface area is 109 Å². The largest absolute Gasteiger partial charge is 0.347 e. The Morgan fingerprint density at radius 2 is 1.72 bits per heavy atom. The smallest absolute Gasteiger partial charge is 0.169 e. The van der Waals surface area contributed by atoms with Crippen LogP contribution in [-0.2, 0) is 9.47 Å². The topological polar surface area (TPSA) is 18.5 Å². The quantitative estimate of drug-likeness (QED) is 0.749. The lowest BCUT2D eigenvalue weighted by atomic mass is 9.81. The van der Waals surface area contributed by atoms with Gasteiger partial charge in [0.1, 0.15) is 0 Å². The van der Waals surface area contributed by atoms with Crippen molar-refractivity contribution in [2.75, 3.05) is 6.61 Å². The molecule has 1 aliphatic heterocycles. The molecule has 0 unspecified atom stereocenters. The first kappa shape index (κ1) is 12.2. The van der Waals surface area contributed by atoms with Crippen LogP contribution in [0.15, 0.2) is 30.3 Å². The van der Waals surface area contributed by atoms with E-state index in [1.165, 1.54) is 18.4 Å². The number of hydrogen-bond acceptors (Lipinski definition) is 2. The summed E-state index contributed by atoms with van der Waals surface area (Å²) in [5, 5.41) is 0. The van der Waals surface area contributed by atoms with Crippen LogP contribution in [-0.4, -0.2) is 18.0 Å². The molecule has 1 aromatic rings. The first-order valence-electron chi connectivity index (χ1n) is 6.98. The molecular formula is C16H22O2. The summed E-state index contributed by atoms with van der Waals surface area (Å²) in [6, 6.07) is 10.8. The van der Waals surface area contributed by atoms with Crippen molar-refractivity contribution in [3.05, 3.63) is 35.9 Å². The van der Waals surface area contributed by atoms with Gasteiger partial charge in [-0.1, -0.05) is 30.3 Å². The lowest BCUT2D eigenvalue weighted by Gasteiger charge is -2.36. The van der Waals surface area contributed by atoms with E-state index in [0.29, 0.717) is 5.92 Å². The highest BCUT2D eigenvalue weighted by atomic mass is 16.8. The van der Waals surface area contributed by atoms with Crippen molar-refractivity contribution in [3.63, 3.8) is 0 Å². The summed E-state index contributed by atoms with van der Waals surface area (Å²) in [5.74, 6) is 0.391. The van der Waals surface area contributed by atoms with Gasteiger partial charge in [0.2, 0.25) is 0 Å². The van der Waals surface area contributed by atoms with E-state index in [1.807, 2.05) is 0 Å². The van der Waals surface area contributed by atoms with E-state index < -0.39 is 0 Å². The third kappa shape index (κ3) is 2.32. The van der Waals surface area contributed by atoms with Crippen LogP contribution in [0.2, 0.25) is 0 Å². The molecule has 1 spiro atoms. The van der Waals surface area contributed by atoms with Crippen LogP contribution < -0.4 is 0 Å². The average Bonchev–Trinajstić information content (AvgIpc) is 2.67. The minimum atomic E-state index is -0.283. The van der Waals surface area contributed by atoms with E-state index >= 15 is 0 Å². The van der Waals surface area contributed by atoms with Crippen molar-refractivity contribution in [2.24, 2.45) is 0 Å². The molecular weight excluding hydrogens is 224 g/mol. The minimum Gasteiger partial charge on any atom is -0.347 e. The molecule has 1 saturated heterocycles. The van der Waals surface area contributed by atoms with Gasteiger partial charge >= 0.3 is 0 Å². The average molecular weight is 246 g/mol. The maximum absolute atomic E-state index is 6.14. The molecule has 0 radical (unpaired) electrons. The second kappa shape index (κ2) is 4.36. The van der Waals surface area contributed by atoms with Crippen LogP contribution in [0.5, 0.6) is 0 Å². The molecule has 2 nitrogen and oxygen atoms in total. The van der Waals surface area contributed by atoms with Gasteiger partial charge in [-0.15, -0.1) is 0 Å². The van der Waals surface area contributed by atoms with Gasteiger partial charge in [0.15, 0.2) is 5.79 Å². The van der Waals surface area contributed by atoms with Gasteiger partial charge in [0.25, 0.3) is 0 Å². The van der Waals surface area contributed by atoms with Crippen molar-refractivity contribution >= 4 is 0 Å². The molecule has 3 rings (SSSR count). The van der Waals surface area contributed by atoms with Crippen molar-refractivity contribution in [2.45, 2.75) is 56.8 Å². The van der Waals surface area contributed by atoms with E-state index in [4.69, 9.17) is 9.47 Å². The number of benzene rings is 1. The molecule has 2 aliphatic rings. The molecule has 1 saturated carbocycles. The van der Waals surface area contributed by atoms with Gasteiger partial charge in [0.05, 0.1) is 12.2 Å². The Morgan fingerprint density at radius 3 is 2.28 bits per heavy atom. The second-order valence-electron chi connectivity index (χ2n) is 6.25. The first-order valence-corrected chi connectivity index (χ1v) is 6.98. The molecule has 0 N–H and O–H groups in total. The summed E-state index contributed by atoms with van der Waals surface area (Å²) in [6.45, 7) is 4.96. The lowest BCUT2D eigenvalue weighted by molar-refractivity contribution is -0.201. The molecule has 0 aromatic heterocycles. The van der Waals surface area contributed by atoms with Crippen LogP contribution in [0, 0.1) is 0 Å². The van der Waals surface area contributed by atoms with Crippen LogP contribution in [0.1, 0.15) is 51.0 Å². The molecule has 18 heavy (non-hydrogen) atoms. The van der Waals surface area contributed by atoms with E-state index in [0.717, 1.165) is 19.4 Å². The standard InChI is InChI=1S/C16H22O2/c1-15(2)12-17-16(18-15)10-8-14(9-11-16)13-6-4-3-5-7-13/h3-7,14H,8-12H2,1-2H3. The Kier molecular flexibility index (Phi) is 2.95. The number of ether oxygens (including phenoxy) is 2. The zero-order valence-corrected chi connectivity index (χ0v) is 11.3.